The summed E-state index contributed by atoms with van der Waals surface area (Å²) in [6.45, 7) is 4.92. The Hall–Kier alpha value is -2.23. The number of carboxylic acids is 1. The van der Waals surface area contributed by atoms with E-state index in [1.54, 1.807) is 0 Å². The molecule has 2 atom stereocenters. The molecule has 0 aliphatic heterocycles. The highest BCUT2D eigenvalue weighted by Gasteiger charge is 2.25. The Kier molecular flexibility index (Phi) is 53.3. The summed E-state index contributed by atoms with van der Waals surface area (Å²) in [5.41, 5.74) is 0. The van der Waals surface area contributed by atoms with Gasteiger partial charge in [0.2, 0.25) is 0 Å². The van der Waals surface area contributed by atoms with Crippen molar-refractivity contribution in [3.8, 4) is 0 Å². The molecule has 1 N–H and O–H groups in total. The summed E-state index contributed by atoms with van der Waals surface area (Å²) in [5, 5.41) is 9.71. The second kappa shape index (κ2) is 55.0. The average Bonchev–Trinajstić information content (AvgIpc) is 3.35. The highest BCUT2D eigenvalue weighted by molar-refractivity contribution is 5.71. The van der Waals surface area contributed by atoms with Gasteiger partial charge in [-0.05, 0) is 44.9 Å². The van der Waals surface area contributed by atoms with Crippen molar-refractivity contribution in [2.45, 2.75) is 315 Å². The van der Waals surface area contributed by atoms with Gasteiger partial charge in [-0.1, -0.05) is 269 Å². The lowest BCUT2D eigenvalue weighted by Crippen LogP contribution is -2.40. The van der Waals surface area contributed by atoms with E-state index < -0.39 is 18.4 Å². The molecule has 0 fully saturated rings. The van der Waals surface area contributed by atoms with Gasteiger partial charge in [0, 0.05) is 12.8 Å². The van der Waals surface area contributed by atoms with E-state index >= 15 is 0 Å². The van der Waals surface area contributed by atoms with Gasteiger partial charge in [0.15, 0.2) is 6.10 Å². The molecule has 9 heteroatoms. The van der Waals surface area contributed by atoms with Crippen LogP contribution in [0.25, 0.3) is 0 Å². The molecule has 9 nitrogen and oxygen atoms in total. The van der Waals surface area contributed by atoms with Crippen LogP contribution in [0.2, 0.25) is 0 Å². The maximum atomic E-state index is 12.9. The molecule has 0 aliphatic carbocycles. The van der Waals surface area contributed by atoms with Crippen LogP contribution in [-0.4, -0.2) is 87.4 Å². The first-order chi connectivity index (χ1) is 35.1. The van der Waals surface area contributed by atoms with Crippen LogP contribution in [0.15, 0.2) is 24.3 Å². The Bertz CT molecular complexity index is 1230. The van der Waals surface area contributed by atoms with Crippen molar-refractivity contribution in [3.63, 3.8) is 0 Å². The molecule has 0 saturated heterocycles. The molecule has 0 aromatic carbocycles. The number of ether oxygens (including phenoxy) is 4. The fourth-order valence-electron chi connectivity index (χ4n) is 9.16. The van der Waals surface area contributed by atoms with Gasteiger partial charge in [0.1, 0.15) is 13.2 Å². The van der Waals surface area contributed by atoms with Gasteiger partial charge in [-0.15, -0.1) is 0 Å². The molecule has 0 heterocycles. The van der Waals surface area contributed by atoms with Crippen LogP contribution in [0, 0.1) is 0 Å². The lowest BCUT2D eigenvalue weighted by atomic mass is 10.0. The number of aliphatic carboxylic acids is 1. The highest BCUT2D eigenvalue weighted by atomic mass is 16.7. The predicted octanol–water partition coefficient (Wildman–Crippen LogP) is 18.3. The van der Waals surface area contributed by atoms with E-state index in [0.717, 1.165) is 44.9 Å². The molecule has 0 aliphatic rings. The van der Waals surface area contributed by atoms with Gasteiger partial charge in [-0.25, -0.2) is 4.79 Å². The monoisotopic (exact) mass is 1020 g/mol. The molecule has 424 valence electrons. The van der Waals surface area contributed by atoms with E-state index in [0.29, 0.717) is 17.4 Å². The standard InChI is InChI=1S/C63H119NO8/c1-6-8-10-12-14-16-18-20-22-24-26-27-28-29-30-31-32-33-34-35-36-38-40-42-44-46-48-50-52-54-61(66)72-59(58-71-63(62(67)68)69-56-55-64(3,4)5)57-70-60(65)53-51-49-47-45-43-41-39-37-25-23-21-19-17-15-13-11-9-7-2/h18,20,24,26,59,63H,6-17,19,21-23,25,27-58H2,1-5H3/p+1/b20-18-,26-24-. The number of hydrogen-bond donors (Lipinski definition) is 1. The second-order valence-corrected chi connectivity index (χ2v) is 22.4. The molecule has 0 rings (SSSR count). The third-order valence-corrected chi connectivity index (χ3v) is 14.0. The number of carboxylic acid groups (broad SMARTS) is 1. The first-order valence-electron chi connectivity index (χ1n) is 31.0. The zero-order chi connectivity index (χ0) is 52.7. The zero-order valence-corrected chi connectivity index (χ0v) is 48.4. The molecular formula is C63H120NO8+. The lowest BCUT2D eigenvalue weighted by molar-refractivity contribution is -0.870. The maximum Gasteiger partial charge on any atom is 0.361 e. The Morgan fingerprint density at radius 2 is 0.750 bits per heavy atom. The lowest BCUT2D eigenvalue weighted by Gasteiger charge is -2.25. The summed E-state index contributed by atoms with van der Waals surface area (Å²) in [6, 6.07) is 0. The second-order valence-electron chi connectivity index (χ2n) is 22.4. The molecule has 0 saturated carbocycles. The minimum Gasteiger partial charge on any atom is -0.477 e. The molecule has 0 radical (unpaired) electrons. The molecule has 0 bridgehead atoms. The topological polar surface area (TPSA) is 108 Å². The highest BCUT2D eigenvalue weighted by Crippen LogP contribution is 2.18. The summed E-state index contributed by atoms with van der Waals surface area (Å²) >= 11 is 0. The van der Waals surface area contributed by atoms with Gasteiger partial charge in [-0.2, -0.15) is 0 Å². The summed E-state index contributed by atoms with van der Waals surface area (Å²) in [4.78, 5) is 37.5. The van der Waals surface area contributed by atoms with Crippen molar-refractivity contribution >= 4 is 17.9 Å². The van der Waals surface area contributed by atoms with Crippen LogP contribution in [-0.2, 0) is 33.3 Å². The third kappa shape index (κ3) is 55.5. The van der Waals surface area contributed by atoms with Crippen LogP contribution < -0.4 is 0 Å². The first kappa shape index (κ1) is 69.8. The zero-order valence-electron chi connectivity index (χ0n) is 48.4. The van der Waals surface area contributed by atoms with Crippen molar-refractivity contribution < 1.29 is 42.9 Å². The number of nitrogens with zero attached hydrogens (tertiary/aromatic N) is 1. The van der Waals surface area contributed by atoms with E-state index in [-0.39, 0.29) is 38.2 Å². The minimum atomic E-state index is -1.51. The van der Waals surface area contributed by atoms with Crippen molar-refractivity contribution in [2.75, 3.05) is 47.5 Å². The quantitative estimate of drug-likeness (QED) is 0.0211. The van der Waals surface area contributed by atoms with Gasteiger partial charge in [-0.3, -0.25) is 9.59 Å². The number of unbranched alkanes of at least 4 members (excludes halogenated alkanes) is 39. The van der Waals surface area contributed by atoms with Crippen LogP contribution >= 0.6 is 0 Å². The summed E-state index contributed by atoms with van der Waals surface area (Å²) in [7, 11) is 5.98. The number of rotatable bonds is 58. The Morgan fingerprint density at radius 1 is 0.417 bits per heavy atom. The van der Waals surface area contributed by atoms with Crippen molar-refractivity contribution in [2.24, 2.45) is 0 Å². The van der Waals surface area contributed by atoms with E-state index in [1.807, 2.05) is 21.1 Å². The van der Waals surface area contributed by atoms with Gasteiger partial charge >= 0.3 is 17.9 Å². The largest absolute Gasteiger partial charge is 0.477 e. The summed E-state index contributed by atoms with van der Waals surface area (Å²) < 4.78 is 22.9. The maximum absolute atomic E-state index is 12.9. The first-order valence-corrected chi connectivity index (χ1v) is 31.0. The van der Waals surface area contributed by atoms with E-state index in [1.165, 1.54) is 231 Å². The number of likely N-dealkylation sites (N-methyl/N-ethyl adjacent to an activating group) is 1. The third-order valence-electron chi connectivity index (χ3n) is 14.0. The normalized spacial score (nSPS) is 12.8. The smallest absolute Gasteiger partial charge is 0.361 e. The molecule has 0 amide bonds. The fraction of sp³-hybridized carbons (Fsp3) is 0.889. The number of esters is 2. The Morgan fingerprint density at radius 3 is 1.10 bits per heavy atom. The molecular weight excluding hydrogens is 899 g/mol. The van der Waals surface area contributed by atoms with Crippen molar-refractivity contribution in [1.82, 2.24) is 0 Å². The molecule has 0 aromatic rings. The predicted molar refractivity (Wildman–Crippen MR) is 304 cm³/mol. The van der Waals surface area contributed by atoms with Crippen LogP contribution in [0.1, 0.15) is 303 Å². The Labute approximate surface area is 446 Å². The number of hydrogen-bond acceptors (Lipinski definition) is 7. The summed E-state index contributed by atoms with van der Waals surface area (Å²) in [5.74, 6) is -1.98. The molecule has 2 unspecified atom stereocenters. The van der Waals surface area contributed by atoms with Gasteiger partial charge in [0.25, 0.3) is 6.29 Å². The fourth-order valence-corrected chi connectivity index (χ4v) is 9.16. The van der Waals surface area contributed by atoms with Gasteiger partial charge in [0.05, 0.1) is 34.4 Å². The van der Waals surface area contributed by atoms with Crippen molar-refractivity contribution in [1.29, 1.82) is 0 Å². The Balaban J connectivity index is 4.13. The number of allylic oxidation sites excluding steroid dienone is 4. The van der Waals surface area contributed by atoms with Crippen LogP contribution in [0.4, 0.5) is 0 Å². The minimum absolute atomic E-state index is 0.175. The number of carbonyl (C=O) groups excluding carboxylic acids is 2. The molecule has 0 spiro atoms. The molecule has 0 aromatic heterocycles. The SMILES string of the molecule is CCCCCCC/C=C\C/C=C\CCCCCCCCCCCCCCCCCCCC(=O)OC(COC(=O)CCCCCCCCCCCCCCCCCCCC)COC(OCC[N+](C)(C)C)C(=O)O. The molecule has 72 heavy (non-hydrogen) atoms. The van der Waals surface area contributed by atoms with Crippen molar-refractivity contribution in [3.05, 3.63) is 24.3 Å². The average molecular weight is 1020 g/mol. The van der Waals surface area contributed by atoms with Gasteiger partial charge < -0.3 is 28.5 Å². The van der Waals surface area contributed by atoms with Crippen LogP contribution in [0.5, 0.6) is 0 Å². The van der Waals surface area contributed by atoms with E-state index in [2.05, 4.69) is 38.2 Å². The number of quaternary nitrogens is 1. The van der Waals surface area contributed by atoms with E-state index in [4.69, 9.17) is 18.9 Å². The van der Waals surface area contributed by atoms with E-state index in [9.17, 15) is 19.5 Å². The number of carbonyl (C=O) groups is 3. The van der Waals surface area contributed by atoms with Crippen LogP contribution in [0.3, 0.4) is 0 Å². The summed E-state index contributed by atoms with van der Waals surface area (Å²) in [6.07, 6.45) is 62.6.